The molecule has 6 nitrogen and oxygen atoms in total. The highest BCUT2D eigenvalue weighted by Crippen LogP contribution is 2.18. The fourth-order valence-corrected chi connectivity index (χ4v) is 3.06. The first-order chi connectivity index (χ1) is 12.6. The van der Waals surface area contributed by atoms with E-state index in [-0.39, 0.29) is 12.5 Å². The summed E-state index contributed by atoms with van der Waals surface area (Å²) in [7, 11) is 1.95. The molecule has 0 saturated carbocycles. The molecule has 7 heteroatoms. The number of rotatable bonds is 5. The Labute approximate surface area is 159 Å². The van der Waals surface area contributed by atoms with E-state index in [9.17, 15) is 9.59 Å². The second kappa shape index (κ2) is 7.97. The number of nitrogens with one attached hydrogen (secondary N) is 2. The first-order valence-corrected chi connectivity index (χ1v) is 8.74. The van der Waals surface area contributed by atoms with Crippen LogP contribution in [-0.2, 0) is 11.8 Å². The van der Waals surface area contributed by atoms with E-state index in [1.807, 2.05) is 48.1 Å². The van der Waals surface area contributed by atoms with Crippen LogP contribution in [0.25, 0.3) is 10.9 Å². The lowest BCUT2D eigenvalue weighted by Gasteiger charge is -2.05. The molecule has 0 fully saturated rings. The Balaban J connectivity index is 1.56. The molecular weight excluding hydrogens is 396 g/mol. The third-order valence-electron chi connectivity index (χ3n) is 3.85. The Bertz CT molecular complexity index is 994. The Kier molecular flexibility index (Phi) is 5.48. The van der Waals surface area contributed by atoms with Crippen molar-refractivity contribution in [3.8, 4) is 0 Å². The predicted octanol–water partition coefficient (Wildman–Crippen LogP) is 2.82. The molecule has 2 N–H and O–H groups in total. The van der Waals surface area contributed by atoms with Crippen molar-refractivity contribution in [2.45, 2.75) is 0 Å². The molecule has 0 radical (unpaired) electrons. The van der Waals surface area contributed by atoms with Crippen molar-refractivity contribution < 1.29 is 9.59 Å². The first kappa shape index (κ1) is 17.9. The fraction of sp³-hybridized carbons (Fsp3) is 0.105. The minimum atomic E-state index is -0.401. The molecule has 3 aromatic rings. The van der Waals surface area contributed by atoms with Crippen molar-refractivity contribution in [1.29, 1.82) is 0 Å². The topological polar surface area (TPSA) is 75.5 Å². The molecule has 2 amide bonds. The molecule has 132 valence electrons. The van der Waals surface area contributed by atoms with Crippen LogP contribution in [-0.4, -0.2) is 29.1 Å². The summed E-state index contributed by atoms with van der Waals surface area (Å²) >= 11 is 3.31. The van der Waals surface area contributed by atoms with Crippen LogP contribution in [0.5, 0.6) is 0 Å². The number of hydrazone groups is 1. The number of carbonyl (C=O) groups is 2. The lowest BCUT2D eigenvalue weighted by molar-refractivity contribution is -0.120. The summed E-state index contributed by atoms with van der Waals surface area (Å²) in [6.45, 7) is -0.160. The molecule has 26 heavy (non-hydrogen) atoms. The summed E-state index contributed by atoms with van der Waals surface area (Å²) in [4.78, 5) is 23.9. The molecule has 0 saturated heterocycles. The molecular formula is C19H17BrN4O2. The number of halogens is 1. The van der Waals surface area contributed by atoms with Crippen molar-refractivity contribution in [1.82, 2.24) is 15.3 Å². The quantitative estimate of drug-likeness (QED) is 0.499. The molecule has 0 aliphatic carbocycles. The van der Waals surface area contributed by atoms with Crippen molar-refractivity contribution in [2.24, 2.45) is 12.1 Å². The Morgan fingerprint density at radius 2 is 1.88 bits per heavy atom. The molecule has 0 unspecified atom stereocenters. The maximum absolute atomic E-state index is 12.1. The van der Waals surface area contributed by atoms with Crippen molar-refractivity contribution in [2.75, 3.05) is 6.54 Å². The van der Waals surface area contributed by atoms with Gasteiger partial charge in [-0.2, -0.15) is 5.10 Å². The monoisotopic (exact) mass is 412 g/mol. The van der Waals surface area contributed by atoms with Gasteiger partial charge in [0.15, 0.2) is 0 Å². The zero-order valence-electron chi connectivity index (χ0n) is 14.1. The molecule has 0 aliphatic heterocycles. The Morgan fingerprint density at radius 1 is 1.15 bits per heavy atom. The smallest absolute Gasteiger partial charge is 0.259 e. The lowest BCUT2D eigenvalue weighted by Crippen LogP contribution is -2.35. The number of fused-ring (bicyclic) bond motifs is 1. The third-order valence-corrected chi connectivity index (χ3v) is 4.54. The number of para-hydroxylation sites is 1. The molecule has 0 aliphatic rings. The van der Waals surface area contributed by atoms with Gasteiger partial charge in [-0.15, -0.1) is 0 Å². The van der Waals surface area contributed by atoms with E-state index in [0.29, 0.717) is 10.0 Å². The van der Waals surface area contributed by atoms with Crippen LogP contribution in [0, 0.1) is 0 Å². The van der Waals surface area contributed by atoms with E-state index >= 15 is 0 Å². The van der Waals surface area contributed by atoms with Gasteiger partial charge in [-0.05, 0) is 34.1 Å². The fourth-order valence-electron chi connectivity index (χ4n) is 2.59. The van der Waals surface area contributed by atoms with Gasteiger partial charge < -0.3 is 9.88 Å². The molecule has 3 rings (SSSR count). The van der Waals surface area contributed by atoms with Crippen LogP contribution in [0.1, 0.15) is 15.9 Å². The highest BCUT2D eigenvalue weighted by Gasteiger charge is 2.10. The minimum absolute atomic E-state index is 0.160. The van der Waals surface area contributed by atoms with E-state index in [2.05, 4.69) is 31.8 Å². The van der Waals surface area contributed by atoms with Crippen molar-refractivity contribution in [3.05, 3.63) is 70.3 Å². The maximum atomic E-state index is 12.1. The largest absolute Gasteiger partial charge is 0.350 e. The second-order valence-electron chi connectivity index (χ2n) is 5.67. The van der Waals surface area contributed by atoms with E-state index in [1.54, 1.807) is 24.4 Å². The average molecular weight is 413 g/mol. The van der Waals surface area contributed by atoms with Gasteiger partial charge in [0.05, 0.1) is 18.3 Å². The maximum Gasteiger partial charge on any atom is 0.259 e. The number of benzene rings is 2. The summed E-state index contributed by atoms with van der Waals surface area (Å²) in [6.07, 6.45) is 3.53. The van der Waals surface area contributed by atoms with Crippen LogP contribution >= 0.6 is 15.9 Å². The number of amides is 2. The number of hydrogen-bond acceptors (Lipinski definition) is 3. The number of hydrogen-bond donors (Lipinski definition) is 2. The number of carbonyl (C=O) groups excluding carboxylic acids is 2. The SMILES string of the molecule is Cn1cc(C=NNC(=O)CNC(=O)c2ccccc2Br)c2ccccc21. The van der Waals surface area contributed by atoms with Gasteiger partial charge >= 0.3 is 0 Å². The molecule has 1 aromatic heterocycles. The summed E-state index contributed by atoms with van der Waals surface area (Å²) in [5.41, 5.74) is 4.88. The van der Waals surface area contributed by atoms with Crippen molar-refractivity contribution >= 4 is 44.9 Å². The third kappa shape index (κ3) is 4.00. The highest BCUT2D eigenvalue weighted by atomic mass is 79.9. The van der Waals surface area contributed by atoms with E-state index in [0.717, 1.165) is 16.5 Å². The highest BCUT2D eigenvalue weighted by molar-refractivity contribution is 9.10. The van der Waals surface area contributed by atoms with Crippen LogP contribution in [0.15, 0.2) is 64.3 Å². The first-order valence-electron chi connectivity index (χ1n) is 7.95. The van der Waals surface area contributed by atoms with E-state index < -0.39 is 5.91 Å². The van der Waals surface area contributed by atoms with Crippen LogP contribution < -0.4 is 10.7 Å². The summed E-state index contributed by atoms with van der Waals surface area (Å²) in [6, 6.07) is 15.0. The van der Waals surface area contributed by atoms with Crippen LogP contribution in [0.3, 0.4) is 0 Å². The van der Waals surface area contributed by atoms with E-state index in [1.165, 1.54) is 0 Å². The van der Waals surface area contributed by atoms with Crippen molar-refractivity contribution in [3.63, 3.8) is 0 Å². The van der Waals surface area contributed by atoms with Gasteiger partial charge in [0.2, 0.25) is 0 Å². The van der Waals surface area contributed by atoms with Gasteiger partial charge in [0.1, 0.15) is 0 Å². The van der Waals surface area contributed by atoms with E-state index in [4.69, 9.17) is 0 Å². The van der Waals surface area contributed by atoms with Gasteiger partial charge in [-0.1, -0.05) is 30.3 Å². The van der Waals surface area contributed by atoms with Gasteiger partial charge in [-0.25, -0.2) is 5.43 Å². The van der Waals surface area contributed by atoms with Gasteiger partial charge in [-0.3, -0.25) is 9.59 Å². The zero-order chi connectivity index (χ0) is 18.5. The summed E-state index contributed by atoms with van der Waals surface area (Å²) < 4.78 is 2.67. The average Bonchev–Trinajstić information content (AvgIpc) is 2.96. The standard InChI is InChI=1S/C19H17BrN4O2/c1-24-12-13(14-6-3-5-9-17(14)24)10-22-23-18(25)11-21-19(26)15-7-2-4-8-16(15)20/h2-10,12H,11H2,1H3,(H,21,26)(H,23,25). The molecule has 0 bridgehead atoms. The van der Waals surface area contributed by atoms with Crippen LogP contribution in [0.4, 0.5) is 0 Å². The molecule has 0 atom stereocenters. The molecule has 1 heterocycles. The molecule has 2 aromatic carbocycles. The number of aryl methyl sites for hydroxylation is 1. The summed E-state index contributed by atoms with van der Waals surface area (Å²) in [5.74, 6) is -0.729. The minimum Gasteiger partial charge on any atom is -0.350 e. The number of aromatic nitrogens is 1. The zero-order valence-corrected chi connectivity index (χ0v) is 15.7. The summed E-state index contributed by atoms with van der Waals surface area (Å²) in [5, 5.41) is 7.59. The normalized spacial score (nSPS) is 11.0. The lowest BCUT2D eigenvalue weighted by atomic mass is 10.2. The predicted molar refractivity (Wildman–Crippen MR) is 105 cm³/mol. The van der Waals surface area contributed by atoms with Crippen LogP contribution in [0.2, 0.25) is 0 Å². The molecule has 0 spiro atoms. The second-order valence-corrected chi connectivity index (χ2v) is 6.52. The van der Waals surface area contributed by atoms with Gasteiger partial charge in [0.25, 0.3) is 11.8 Å². The Hall–Kier alpha value is -2.93. The number of nitrogens with zero attached hydrogens (tertiary/aromatic N) is 2. The Morgan fingerprint density at radius 3 is 2.69 bits per heavy atom. The van der Waals surface area contributed by atoms with Gasteiger partial charge in [0, 0.05) is 34.2 Å².